The molecule has 67 heavy (non-hydrogen) atoms. The minimum Gasteiger partial charge on any atom is -0.271 e. The van der Waals surface area contributed by atoms with Gasteiger partial charge in [-0.1, -0.05) is 60.7 Å². The Morgan fingerprint density at radius 2 is 0.776 bits per heavy atom. The maximum absolute atomic E-state index is 15.5. The molecule has 0 saturated heterocycles. The highest BCUT2D eigenvalue weighted by molar-refractivity contribution is 6.22. The predicted molar refractivity (Wildman–Crippen MR) is 225 cm³/mol. The summed E-state index contributed by atoms with van der Waals surface area (Å²) in [7, 11) is 0. The number of carbonyl (C=O) groups is 8. The molecule has 8 amide bonds. The molecule has 0 fully saturated rings. The van der Waals surface area contributed by atoms with Crippen LogP contribution in [0.15, 0.2) is 109 Å². The molecule has 8 rings (SSSR count). The van der Waals surface area contributed by atoms with E-state index in [9.17, 15) is 38.4 Å². The Kier molecular flexibility index (Phi) is 10.9. The number of nitrogens with zero attached hydrogens (tertiary/aromatic N) is 4. The molecule has 4 aliphatic rings. The number of benzene rings is 4. The molecule has 0 aliphatic carbocycles. The molecule has 4 aromatic rings. The van der Waals surface area contributed by atoms with Crippen molar-refractivity contribution in [3.63, 3.8) is 0 Å². The van der Waals surface area contributed by atoms with Crippen molar-refractivity contribution < 1.29 is 64.7 Å². The van der Waals surface area contributed by atoms with Crippen molar-refractivity contribution in [3.8, 4) is 0 Å². The summed E-state index contributed by atoms with van der Waals surface area (Å²) >= 11 is 0. The van der Waals surface area contributed by atoms with E-state index >= 15 is 26.3 Å². The summed E-state index contributed by atoms with van der Waals surface area (Å²) in [5.41, 5.74) is -10.6. The van der Waals surface area contributed by atoms with Crippen LogP contribution in [-0.4, -0.2) is 90.3 Å². The van der Waals surface area contributed by atoms with Crippen molar-refractivity contribution in [3.05, 3.63) is 165 Å². The number of alkyl halides is 6. The van der Waals surface area contributed by atoms with E-state index in [1.54, 1.807) is 62.4 Å². The Labute approximate surface area is 378 Å². The van der Waals surface area contributed by atoms with Gasteiger partial charge in [0.15, 0.2) is 0 Å². The molecule has 344 valence electrons. The van der Waals surface area contributed by atoms with Gasteiger partial charge in [0.25, 0.3) is 47.3 Å². The molecule has 0 aromatic heterocycles. The highest BCUT2D eigenvalue weighted by Gasteiger charge is 2.73. The van der Waals surface area contributed by atoms with Gasteiger partial charge in [-0.3, -0.25) is 58.0 Å². The summed E-state index contributed by atoms with van der Waals surface area (Å²) in [6.07, 6.45) is -7.71. The first kappa shape index (κ1) is 46.0. The topological polar surface area (TPSA) is 150 Å². The van der Waals surface area contributed by atoms with Gasteiger partial charge in [0.05, 0.1) is 35.3 Å². The van der Waals surface area contributed by atoms with Gasteiger partial charge in [-0.15, -0.1) is 0 Å². The smallest absolute Gasteiger partial charge is 0.271 e. The average molecular weight is 925 g/mol. The Bertz CT molecular complexity index is 2900. The number of rotatable bonds is 12. The van der Waals surface area contributed by atoms with Gasteiger partial charge >= 0.3 is 12.4 Å². The lowest BCUT2D eigenvalue weighted by Gasteiger charge is -2.38. The normalized spacial score (nSPS) is 16.7. The fourth-order valence-corrected chi connectivity index (χ4v) is 9.46. The summed E-state index contributed by atoms with van der Waals surface area (Å²) in [6.45, 7) is 5.79. The van der Waals surface area contributed by atoms with Gasteiger partial charge in [0.2, 0.25) is 5.41 Å². The number of amides is 8. The molecule has 0 unspecified atom stereocenters. The third-order valence-electron chi connectivity index (χ3n) is 12.4. The summed E-state index contributed by atoms with van der Waals surface area (Å²) in [6, 6.07) is 16.1. The lowest BCUT2D eigenvalue weighted by atomic mass is 9.71. The lowest BCUT2D eigenvalue weighted by molar-refractivity contribution is -0.288. The highest BCUT2D eigenvalue weighted by atomic mass is 19.4. The molecule has 18 heteroatoms. The van der Waals surface area contributed by atoms with Gasteiger partial charge in [0.1, 0.15) is 0 Å². The Balaban J connectivity index is 1.08. The van der Waals surface area contributed by atoms with Crippen molar-refractivity contribution in [2.45, 2.75) is 82.5 Å². The number of halogens is 6. The third-order valence-corrected chi connectivity index (χ3v) is 12.4. The van der Waals surface area contributed by atoms with Crippen LogP contribution < -0.4 is 0 Å². The molecule has 4 aromatic carbocycles. The summed E-state index contributed by atoms with van der Waals surface area (Å²) in [5, 5.41) is 0. The van der Waals surface area contributed by atoms with E-state index in [0.29, 0.717) is 57.5 Å². The van der Waals surface area contributed by atoms with Crippen LogP contribution in [0.1, 0.15) is 103 Å². The van der Waals surface area contributed by atoms with Crippen LogP contribution in [0, 0.1) is 0 Å². The van der Waals surface area contributed by atoms with E-state index < -0.39 is 116 Å². The quantitative estimate of drug-likeness (QED) is 0.107. The Hall–Kier alpha value is -7.50. The van der Waals surface area contributed by atoms with Crippen LogP contribution in [0.2, 0.25) is 0 Å². The van der Waals surface area contributed by atoms with E-state index in [1.807, 2.05) is 0 Å². The molecule has 0 saturated carbocycles. The highest BCUT2D eigenvalue weighted by Crippen LogP contribution is 2.57. The van der Waals surface area contributed by atoms with Gasteiger partial charge in [-0.2, -0.15) is 26.3 Å². The van der Waals surface area contributed by atoms with Crippen LogP contribution in [-0.2, 0) is 50.5 Å². The molecule has 0 N–H and O–H groups in total. The minimum atomic E-state index is -6.18. The fourth-order valence-electron chi connectivity index (χ4n) is 9.46. The average Bonchev–Trinajstić information content (AvgIpc) is 3.90. The minimum absolute atomic E-state index is 0.0438. The Morgan fingerprint density at radius 1 is 0.403 bits per heavy atom. The fraction of sp³-hybridized carbons (Fsp3) is 0.265. The van der Waals surface area contributed by atoms with Crippen LogP contribution >= 0.6 is 0 Å². The van der Waals surface area contributed by atoms with Gasteiger partial charge in [-0.05, 0) is 98.2 Å². The number of carbonyl (C=O) groups excluding carboxylic acids is 8. The number of fused-ring (bicyclic) bond motifs is 2. The van der Waals surface area contributed by atoms with Crippen molar-refractivity contribution >= 4 is 47.3 Å². The van der Waals surface area contributed by atoms with E-state index in [2.05, 4.69) is 0 Å². The van der Waals surface area contributed by atoms with Crippen LogP contribution in [0.5, 0.6) is 0 Å². The molecule has 0 radical (unpaired) electrons. The van der Waals surface area contributed by atoms with E-state index in [0.717, 1.165) is 45.1 Å². The van der Waals surface area contributed by atoms with Gasteiger partial charge in [-0.25, -0.2) is 0 Å². The molecule has 12 nitrogen and oxygen atoms in total. The predicted octanol–water partition coefficient (Wildman–Crippen LogP) is 7.18. The molecule has 0 spiro atoms. The van der Waals surface area contributed by atoms with E-state index in [4.69, 9.17) is 0 Å². The van der Waals surface area contributed by atoms with Crippen LogP contribution in [0.25, 0.3) is 0 Å². The maximum Gasteiger partial charge on any atom is 0.411 e. The maximum atomic E-state index is 15.5. The summed E-state index contributed by atoms with van der Waals surface area (Å²) in [4.78, 5) is 108. The third kappa shape index (κ3) is 7.62. The standard InChI is InChI=1S/C49H38F6N4O8/c1-45(2,58-39(62)17-18-40(58)63)23-27-7-6-10-30(20-27)26-57-41(64)33-13-11-31(21-35(33)42(57)65)47(48(50,51)52,49(53,54)55)32-12-14-34-36(22-32)44(67)59(43(34)66)46(3,4)24-28-8-5-9-29(19-28)25-56-37(60)15-16-38(56)61/h5-22H,23-26H2,1-4H3. The first-order valence-electron chi connectivity index (χ1n) is 20.7. The monoisotopic (exact) mass is 924 g/mol. The molecule has 4 heterocycles. The molecular weight excluding hydrogens is 887 g/mol. The largest absolute Gasteiger partial charge is 0.411 e. The van der Waals surface area contributed by atoms with E-state index in [1.165, 1.54) is 13.8 Å². The van der Waals surface area contributed by atoms with E-state index in [-0.39, 0.29) is 19.4 Å². The molecule has 0 atom stereocenters. The number of hydrogen-bond acceptors (Lipinski definition) is 8. The molecule has 4 aliphatic heterocycles. The van der Waals surface area contributed by atoms with Crippen molar-refractivity contribution in [2.24, 2.45) is 0 Å². The lowest BCUT2D eigenvalue weighted by Crippen LogP contribution is -2.55. The molecular formula is C49H38F6N4O8. The second-order valence-electron chi connectivity index (χ2n) is 18.0. The van der Waals surface area contributed by atoms with Gasteiger partial charge in [0, 0.05) is 35.4 Å². The first-order valence-corrected chi connectivity index (χ1v) is 20.7. The zero-order chi connectivity index (χ0) is 48.8. The SMILES string of the molecule is CC(C)(Cc1cccc(CN2C(=O)c3ccc(C(c4ccc5c(c4)C(=O)N(C(C)(C)Cc4cccc(CN6C(=O)C=CC6=O)c4)C5=O)(C(F)(F)F)C(F)(F)F)cc3C2=O)c1)N1C(=O)C=CC1=O. The number of hydrogen-bond donors (Lipinski definition) is 0. The summed E-state index contributed by atoms with van der Waals surface area (Å²) in [5.74, 6) is -6.33. The summed E-state index contributed by atoms with van der Waals surface area (Å²) < 4.78 is 93.2. The van der Waals surface area contributed by atoms with Crippen molar-refractivity contribution in [1.29, 1.82) is 0 Å². The van der Waals surface area contributed by atoms with Crippen LogP contribution in [0.4, 0.5) is 26.3 Å². The second kappa shape index (κ2) is 15.8. The van der Waals surface area contributed by atoms with Crippen molar-refractivity contribution in [2.75, 3.05) is 0 Å². The number of imide groups is 4. The second-order valence-corrected chi connectivity index (χ2v) is 18.0. The Morgan fingerprint density at radius 3 is 1.25 bits per heavy atom. The zero-order valence-electron chi connectivity index (χ0n) is 36.0. The van der Waals surface area contributed by atoms with Crippen LogP contribution in [0.3, 0.4) is 0 Å². The van der Waals surface area contributed by atoms with Crippen molar-refractivity contribution in [1.82, 2.24) is 19.6 Å². The first-order chi connectivity index (χ1) is 31.3. The van der Waals surface area contributed by atoms with Gasteiger partial charge < -0.3 is 0 Å². The zero-order valence-corrected chi connectivity index (χ0v) is 36.0. The molecule has 0 bridgehead atoms.